The summed E-state index contributed by atoms with van der Waals surface area (Å²) in [6.45, 7) is 0. The highest BCUT2D eigenvalue weighted by atomic mass is 19.4. The van der Waals surface area contributed by atoms with Gasteiger partial charge in [0.2, 0.25) is 0 Å². The van der Waals surface area contributed by atoms with Crippen molar-refractivity contribution >= 4 is 0 Å². The number of methoxy groups -OCH3 is 1. The molecule has 0 amide bonds. The fourth-order valence-electron chi connectivity index (χ4n) is 1.94. The second kappa shape index (κ2) is 5.65. The van der Waals surface area contributed by atoms with Gasteiger partial charge in [0.1, 0.15) is 17.5 Å². The Kier molecular flexibility index (Phi) is 4.08. The van der Waals surface area contributed by atoms with Gasteiger partial charge in [0.15, 0.2) is 5.75 Å². The highest BCUT2D eigenvalue weighted by molar-refractivity contribution is 5.38. The van der Waals surface area contributed by atoms with E-state index >= 15 is 0 Å². The summed E-state index contributed by atoms with van der Waals surface area (Å²) >= 11 is 0. The standard InChI is InChI=1S/C13H13F3N2O3/c1-18-11(10(20-2)7-17-18)12(19)8-4-3-5-9(6-8)21-13(14,15)16/h3-7,12,19H,1-2H3. The summed E-state index contributed by atoms with van der Waals surface area (Å²) in [4.78, 5) is 0. The zero-order valence-corrected chi connectivity index (χ0v) is 11.3. The van der Waals surface area contributed by atoms with Gasteiger partial charge < -0.3 is 14.6 Å². The van der Waals surface area contributed by atoms with Crippen molar-refractivity contribution in [3.05, 3.63) is 41.7 Å². The summed E-state index contributed by atoms with van der Waals surface area (Å²) in [5.41, 5.74) is 0.570. The number of aliphatic hydroxyl groups excluding tert-OH is 1. The second-order valence-corrected chi connectivity index (χ2v) is 4.24. The smallest absolute Gasteiger partial charge is 0.493 e. The molecule has 1 unspecified atom stereocenters. The molecule has 0 saturated heterocycles. The molecule has 8 heteroatoms. The first-order valence-electron chi connectivity index (χ1n) is 5.91. The van der Waals surface area contributed by atoms with Gasteiger partial charge in [-0.15, -0.1) is 13.2 Å². The van der Waals surface area contributed by atoms with Crippen LogP contribution in [0.4, 0.5) is 13.2 Å². The largest absolute Gasteiger partial charge is 0.573 e. The first-order chi connectivity index (χ1) is 9.81. The molecule has 1 heterocycles. The summed E-state index contributed by atoms with van der Waals surface area (Å²) in [6.07, 6.45) is -4.56. The van der Waals surface area contributed by atoms with Crippen molar-refractivity contribution < 1.29 is 27.8 Å². The molecule has 0 spiro atoms. The molecule has 21 heavy (non-hydrogen) atoms. The molecule has 1 atom stereocenters. The number of hydrogen-bond acceptors (Lipinski definition) is 4. The van der Waals surface area contributed by atoms with Gasteiger partial charge >= 0.3 is 6.36 Å². The Morgan fingerprint density at radius 2 is 2.05 bits per heavy atom. The van der Waals surface area contributed by atoms with E-state index in [1.807, 2.05) is 0 Å². The van der Waals surface area contributed by atoms with Crippen LogP contribution >= 0.6 is 0 Å². The Labute approximate surface area is 118 Å². The fourth-order valence-corrected chi connectivity index (χ4v) is 1.94. The summed E-state index contributed by atoms with van der Waals surface area (Å²) in [6, 6.07) is 5.12. The monoisotopic (exact) mass is 302 g/mol. The van der Waals surface area contributed by atoms with Crippen LogP contribution in [0.15, 0.2) is 30.5 Å². The fraction of sp³-hybridized carbons (Fsp3) is 0.308. The maximum Gasteiger partial charge on any atom is 0.573 e. The summed E-state index contributed by atoms with van der Waals surface area (Å²) < 4.78 is 46.9. The van der Waals surface area contributed by atoms with Crippen molar-refractivity contribution in [3.63, 3.8) is 0 Å². The SMILES string of the molecule is COc1cnn(C)c1C(O)c1cccc(OC(F)(F)F)c1. The number of aliphatic hydroxyl groups is 1. The number of alkyl halides is 3. The minimum Gasteiger partial charge on any atom is -0.493 e. The lowest BCUT2D eigenvalue weighted by Crippen LogP contribution is -2.17. The number of aromatic nitrogens is 2. The molecule has 1 N–H and O–H groups in total. The Balaban J connectivity index is 2.33. The molecule has 2 rings (SSSR count). The minimum atomic E-state index is -4.78. The highest BCUT2D eigenvalue weighted by Gasteiger charge is 2.31. The van der Waals surface area contributed by atoms with Gasteiger partial charge in [-0.2, -0.15) is 5.10 Å². The van der Waals surface area contributed by atoms with Crippen LogP contribution in [0, 0.1) is 0 Å². The Bertz CT molecular complexity index is 625. The molecule has 0 radical (unpaired) electrons. The van der Waals surface area contributed by atoms with E-state index in [0.29, 0.717) is 11.4 Å². The van der Waals surface area contributed by atoms with Crippen molar-refractivity contribution in [2.75, 3.05) is 7.11 Å². The molecule has 0 aliphatic carbocycles. The van der Waals surface area contributed by atoms with E-state index in [4.69, 9.17) is 4.74 Å². The number of ether oxygens (including phenoxy) is 2. The van der Waals surface area contributed by atoms with Crippen LogP contribution in [0.2, 0.25) is 0 Å². The van der Waals surface area contributed by atoms with Crippen LogP contribution in [0.1, 0.15) is 17.4 Å². The molecule has 1 aromatic carbocycles. The predicted molar refractivity (Wildman–Crippen MR) is 66.9 cm³/mol. The summed E-state index contributed by atoms with van der Waals surface area (Å²) in [5.74, 6) is -0.0627. The summed E-state index contributed by atoms with van der Waals surface area (Å²) in [5, 5.41) is 14.3. The van der Waals surface area contributed by atoms with E-state index in [0.717, 1.165) is 12.1 Å². The molecule has 0 aliphatic heterocycles. The molecule has 5 nitrogen and oxygen atoms in total. The normalized spacial score (nSPS) is 13.0. The predicted octanol–water partition coefficient (Wildman–Crippen LogP) is 2.41. The zero-order valence-electron chi connectivity index (χ0n) is 11.3. The molecule has 114 valence electrons. The van der Waals surface area contributed by atoms with Gasteiger partial charge in [-0.05, 0) is 17.7 Å². The lowest BCUT2D eigenvalue weighted by atomic mass is 10.1. The van der Waals surface area contributed by atoms with Gasteiger partial charge in [-0.25, -0.2) is 0 Å². The van der Waals surface area contributed by atoms with Gasteiger partial charge in [-0.1, -0.05) is 12.1 Å². The maximum atomic E-state index is 12.2. The number of nitrogens with zero attached hydrogens (tertiary/aromatic N) is 2. The lowest BCUT2D eigenvalue weighted by molar-refractivity contribution is -0.274. The topological polar surface area (TPSA) is 56.5 Å². The van der Waals surface area contributed by atoms with E-state index in [9.17, 15) is 18.3 Å². The Hall–Kier alpha value is -2.22. The zero-order chi connectivity index (χ0) is 15.6. The van der Waals surface area contributed by atoms with E-state index in [1.54, 1.807) is 7.05 Å². The molecule has 2 aromatic rings. The molecule has 0 bridgehead atoms. The third-order valence-electron chi connectivity index (χ3n) is 2.84. The Morgan fingerprint density at radius 1 is 1.33 bits per heavy atom. The van der Waals surface area contributed by atoms with Crippen LogP contribution in [-0.2, 0) is 7.05 Å². The van der Waals surface area contributed by atoms with Gasteiger partial charge in [0.25, 0.3) is 0 Å². The number of benzene rings is 1. The van der Waals surface area contributed by atoms with Crippen LogP contribution < -0.4 is 9.47 Å². The average molecular weight is 302 g/mol. The molecule has 0 fully saturated rings. The van der Waals surface area contributed by atoms with Gasteiger partial charge in [0, 0.05) is 7.05 Å². The minimum absolute atomic E-state index is 0.235. The van der Waals surface area contributed by atoms with Crippen molar-refractivity contribution in [2.45, 2.75) is 12.5 Å². The van der Waals surface area contributed by atoms with Crippen molar-refractivity contribution in [1.82, 2.24) is 9.78 Å². The van der Waals surface area contributed by atoms with Crippen LogP contribution in [0.5, 0.6) is 11.5 Å². The molecule has 0 saturated carbocycles. The van der Waals surface area contributed by atoms with Crippen molar-refractivity contribution in [2.24, 2.45) is 7.05 Å². The van der Waals surface area contributed by atoms with E-state index < -0.39 is 18.2 Å². The van der Waals surface area contributed by atoms with Crippen LogP contribution in [0.25, 0.3) is 0 Å². The number of hydrogen-bond donors (Lipinski definition) is 1. The molecule has 1 aromatic heterocycles. The molecular formula is C13H13F3N2O3. The highest BCUT2D eigenvalue weighted by Crippen LogP contribution is 2.32. The number of rotatable bonds is 4. The van der Waals surface area contributed by atoms with Gasteiger partial charge in [-0.3, -0.25) is 4.68 Å². The van der Waals surface area contributed by atoms with Crippen molar-refractivity contribution in [1.29, 1.82) is 0 Å². The first kappa shape index (κ1) is 15.2. The lowest BCUT2D eigenvalue weighted by Gasteiger charge is -2.15. The van der Waals surface area contributed by atoms with Crippen LogP contribution in [-0.4, -0.2) is 28.4 Å². The second-order valence-electron chi connectivity index (χ2n) is 4.24. The number of aryl methyl sites for hydroxylation is 1. The van der Waals surface area contributed by atoms with E-state index in [-0.39, 0.29) is 5.56 Å². The Morgan fingerprint density at radius 3 is 2.67 bits per heavy atom. The third kappa shape index (κ3) is 3.46. The van der Waals surface area contributed by atoms with Crippen molar-refractivity contribution in [3.8, 4) is 11.5 Å². The molecular weight excluding hydrogens is 289 g/mol. The summed E-state index contributed by atoms with van der Waals surface area (Å²) in [7, 11) is 3.01. The average Bonchev–Trinajstić information content (AvgIpc) is 2.77. The first-order valence-corrected chi connectivity index (χ1v) is 5.91. The quantitative estimate of drug-likeness (QED) is 0.942. The van der Waals surface area contributed by atoms with Gasteiger partial charge in [0.05, 0.1) is 13.3 Å². The van der Waals surface area contributed by atoms with E-state index in [1.165, 1.54) is 30.1 Å². The third-order valence-corrected chi connectivity index (χ3v) is 2.84. The van der Waals surface area contributed by atoms with E-state index in [2.05, 4.69) is 9.84 Å². The maximum absolute atomic E-state index is 12.2. The molecule has 0 aliphatic rings. The van der Waals surface area contributed by atoms with Crippen LogP contribution in [0.3, 0.4) is 0 Å². The number of halogens is 3.